The summed E-state index contributed by atoms with van der Waals surface area (Å²) >= 11 is 6.06. The van der Waals surface area contributed by atoms with Gasteiger partial charge in [-0.3, -0.25) is 30.0 Å². The molecular formula is C20H21ClN4O6S. The Morgan fingerprint density at radius 3 is 2.50 bits per heavy atom. The van der Waals surface area contributed by atoms with E-state index in [0.717, 1.165) is 18.9 Å². The van der Waals surface area contributed by atoms with Crippen molar-refractivity contribution < 1.29 is 27.5 Å². The molecule has 3 amide bonds. The molecule has 12 heteroatoms. The van der Waals surface area contributed by atoms with Crippen molar-refractivity contribution in [1.29, 1.82) is 0 Å². The predicted molar refractivity (Wildman–Crippen MR) is 117 cm³/mol. The highest BCUT2D eigenvalue weighted by Crippen LogP contribution is 2.29. The van der Waals surface area contributed by atoms with Crippen molar-refractivity contribution in [2.75, 3.05) is 18.4 Å². The molecule has 0 unspecified atom stereocenters. The Kier molecular flexibility index (Phi) is 7.21. The summed E-state index contributed by atoms with van der Waals surface area (Å²) in [6.07, 6.45) is 1.61. The van der Waals surface area contributed by atoms with E-state index in [-0.39, 0.29) is 39.5 Å². The molecule has 0 atom stereocenters. The molecule has 0 spiro atoms. The second kappa shape index (κ2) is 9.88. The summed E-state index contributed by atoms with van der Waals surface area (Å²) in [5.74, 6) is -1.35. The van der Waals surface area contributed by atoms with Crippen molar-refractivity contribution in [3.05, 3.63) is 53.1 Å². The number of halogens is 1. The Bertz CT molecular complexity index is 1150. The number of para-hydroxylation sites is 2. The zero-order valence-electron chi connectivity index (χ0n) is 17.0. The minimum Gasteiger partial charge on any atom is -0.495 e. The van der Waals surface area contributed by atoms with E-state index in [4.69, 9.17) is 16.3 Å². The summed E-state index contributed by atoms with van der Waals surface area (Å²) in [5, 5.41) is 2.36. The van der Waals surface area contributed by atoms with E-state index in [0.29, 0.717) is 5.75 Å². The van der Waals surface area contributed by atoms with Crippen molar-refractivity contribution in [3.8, 4) is 5.75 Å². The molecule has 0 saturated heterocycles. The molecule has 1 saturated carbocycles. The number of carbonyl (C=O) groups is 3. The number of sulfonamides is 1. The molecule has 1 fully saturated rings. The van der Waals surface area contributed by atoms with Gasteiger partial charge in [0, 0.05) is 11.5 Å². The molecule has 0 aliphatic heterocycles. The number of rotatable bonds is 8. The molecule has 3 rings (SSSR count). The number of hydrogen-bond donors (Lipinski definition) is 4. The van der Waals surface area contributed by atoms with Gasteiger partial charge in [-0.15, -0.1) is 0 Å². The average Bonchev–Trinajstić information content (AvgIpc) is 3.61. The first-order valence-corrected chi connectivity index (χ1v) is 11.4. The Balaban J connectivity index is 1.66. The normalized spacial score (nSPS) is 13.1. The Morgan fingerprint density at radius 2 is 1.81 bits per heavy atom. The van der Waals surface area contributed by atoms with Crippen LogP contribution in [0.15, 0.2) is 47.4 Å². The number of hydrogen-bond acceptors (Lipinski definition) is 6. The van der Waals surface area contributed by atoms with Crippen LogP contribution in [0.2, 0.25) is 5.02 Å². The van der Waals surface area contributed by atoms with Crippen molar-refractivity contribution in [2.24, 2.45) is 5.92 Å². The largest absolute Gasteiger partial charge is 0.495 e. The van der Waals surface area contributed by atoms with Gasteiger partial charge in [0.05, 0.1) is 24.4 Å². The number of carbonyl (C=O) groups excluding carboxylic acids is 3. The molecular weight excluding hydrogens is 460 g/mol. The minimum atomic E-state index is -4.16. The second-order valence-corrected chi connectivity index (χ2v) is 9.00. The SMILES string of the molecule is COc1ccccc1NS(=O)(=O)c1cc(C(=O)NNC(=O)CNC(=O)C2CC2)ccc1Cl. The van der Waals surface area contributed by atoms with Crippen LogP contribution in [0.5, 0.6) is 5.75 Å². The molecule has 0 heterocycles. The Morgan fingerprint density at radius 1 is 1.09 bits per heavy atom. The van der Waals surface area contributed by atoms with Gasteiger partial charge < -0.3 is 10.1 Å². The molecule has 0 aromatic heterocycles. The molecule has 4 N–H and O–H groups in total. The fourth-order valence-electron chi connectivity index (χ4n) is 2.68. The molecule has 170 valence electrons. The highest BCUT2D eigenvalue weighted by Gasteiger charge is 2.29. The molecule has 0 radical (unpaired) electrons. The van der Waals surface area contributed by atoms with Crippen molar-refractivity contribution in [2.45, 2.75) is 17.7 Å². The van der Waals surface area contributed by atoms with Gasteiger partial charge in [0.1, 0.15) is 10.6 Å². The van der Waals surface area contributed by atoms with E-state index >= 15 is 0 Å². The lowest BCUT2D eigenvalue weighted by Gasteiger charge is -2.13. The van der Waals surface area contributed by atoms with Gasteiger partial charge in [0.15, 0.2) is 0 Å². The van der Waals surface area contributed by atoms with Crippen LogP contribution in [-0.2, 0) is 19.6 Å². The lowest BCUT2D eigenvalue weighted by molar-refractivity contribution is -0.127. The average molecular weight is 481 g/mol. The van der Waals surface area contributed by atoms with Gasteiger partial charge in [-0.2, -0.15) is 0 Å². The van der Waals surface area contributed by atoms with Gasteiger partial charge in [0.2, 0.25) is 5.91 Å². The standard InChI is InChI=1S/C20H21ClN4O6S/c1-31-16-5-3-2-4-15(16)25-32(29,30)17-10-13(8-9-14(17)21)20(28)24-23-18(26)11-22-19(27)12-6-7-12/h2-5,8-10,12,25H,6-7,11H2,1H3,(H,22,27)(H,23,26)(H,24,28). The number of nitrogens with one attached hydrogen (secondary N) is 4. The first-order chi connectivity index (χ1) is 15.2. The molecule has 2 aromatic carbocycles. The maximum atomic E-state index is 12.8. The van der Waals surface area contributed by atoms with Gasteiger partial charge in [-0.25, -0.2) is 8.42 Å². The van der Waals surface area contributed by atoms with Crippen LogP contribution in [0.25, 0.3) is 0 Å². The smallest absolute Gasteiger partial charge is 0.269 e. The van der Waals surface area contributed by atoms with E-state index < -0.39 is 21.8 Å². The molecule has 1 aliphatic rings. The predicted octanol–water partition coefficient (Wildman–Crippen LogP) is 1.44. The van der Waals surface area contributed by atoms with Crippen molar-refractivity contribution in [1.82, 2.24) is 16.2 Å². The zero-order chi connectivity index (χ0) is 23.3. The van der Waals surface area contributed by atoms with Crippen LogP contribution in [-0.4, -0.2) is 39.8 Å². The highest BCUT2D eigenvalue weighted by molar-refractivity contribution is 7.92. The van der Waals surface area contributed by atoms with Gasteiger partial charge >= 0.3 is 0 Å². The fraction of sp³-hybridized carbons (Fsp3) is 0.250. The number of methoxy groups -OCH3 is 1. The van der Waals surface area contributed by atoms with Crippen LogP contribution in [0, 0.1) is 5.92 Å². The third-order valence-corrected chi connectivity index (χ3v) is 6.37. The van der Waals surface area contributed by atoms with E-state index in [1.807, 2.05) is 0 Å². The maximum Gasteiger partial charge on any atom is 0.269 e. The van der Waals surface area contributed by atoms with Crippen LogP contribution in [0.4, 0.5) is 5.69 Å². The van der Waals surface area contributed by atoms with E-state index in [1.165, 1.54) is 25.3 Å². The Labute approximate surface area is 189 Å². The topological polar surface area (TPSA) is 143 Å². The quantitative estimate of drug-likeness (QED) is 0.421. The first-order valence-electron chi connectivity index (χ1n) is 9.53. The second-order valence-electron chi connectivity index (χ2n) is 6.95. The summed E-state index contributed by atoms with van der Waals surface area (Å²) in [5.41, 5.74) is 4.46. The number of benzene rings is 2. The van der Waals surface area contributed by atoms with Gasteiger partial charge in [0.25, 0.3) is 21.8 Å². The highest BCUT2D eigenvalue weighted by atomic mass is 35.5. The fourth-order valence-corrected chi connectivity index (χ4v) is 4.28. The summed E-state index contributed by atoms with van der Waals surface area (Å²) in [6, 6.07) is 10.0. The van der Waals surface area contributed by atoms with Crippen LogP contribution >= 0.6 is 11.6 Å². The number of anilines is 1. The summed E-state index contributed by atoms with van der Waals surface area (Å²) in [7, 11) is -2.76. The molecule has 10 nitrogen and oxygen atoms in total. The van der Waals surface area contributed by atoms with E-state index in [1.54, 1.807) is 18.2 Å². The van der Waals surface area contributed by atoms with E-state index in [2.05, 4.69) is 20.9 Å². The maximum absolute atomic E-state index is 12.8. The number of ether oxygens (including phenoxy) is 1. The molecule has 1 aliphatic carbocycles. The van der Waals surface area contributed by atoms with Crippen LogP contribution < -0.4 is 25.6 Å². The van der Waals surface area contributed by atoms with Crippen LogP contribution in [0.1, 0.15) is 23.2 Å². The molecule has 32 heavy (non-hydrogen) atoms. The lowest BCUT2D eigenvalue weighted by atomic mass is 10.2. The number of amides is 3. The zero-order valence-corrected chi connectivity index (χ0v) is 18.5. The third-order valence-electron chi connectivity index (χ3n) is 4.52. The van der Waals surface area contributed by atoms with E-state index in [9.17, 15) is 22.8 Å². The van der Waals surface area contributed by atoms with Crippen molar-refractivity contribution >= 4 is 45.0 Å². The van der Waals surface area contributed by atoms with Gasteiger partial charge in [-0.05, 0) is 43.2 Å². The summed E-state index contributed by atoms with van der Waals surface area (Å²) in [4.78, 5) is 35.4. The molecule has 2 aromatic rings. The minimum absolute atomic E-state index is 0.0451. The third kappa shape index (κ3) is 5.89. The monoisotopic (exact) mass is 480 g/mol. The van der Waals surface area contributed by atoms with Crippen LogP contribution in [0.3, 0.4) is 0 Å². The summed E-state index contributed by atoms with van der Waals surface area (Å²) in [6.45, 7) is -0.293. The first kappa shape index (κ1) is 23.4. The Hall–Kier alpha value is -3.31. The van der Waals surface area contributed by atoms with Crippen molar-refractivity contribution in [3.63, 3.8) is 0 Å². The lowest BCUT2D eigenvalue weighted by Crippen LogP contribution is -2.46. The summed E-state index contributed by atoms with van der Waals surface area (Å²) < 4.78 is 33.2. The number of hydrazine groups is 1. The molecule has 0 bridgehead atoms. The van der Waals surface area contributed by atoms with Gasteiger partial charge in [-0.1, -0.05) is 23.7 Å².